The lowest BCUT2D eigenvalue weighted by Crippen LogP contribution is -1.93. The van der Waals surface area contributed by atoms with Crippen LogP contribution in [0.3, 0.4) is 0 Å². The molecule has 0 spiro atoms. The zero-order chi connectivity index (χ0) is 33.6. The van der Waals surface area contributed by atoms with E-state index in [0.717, 1.165) is 6.42 Å². The van der Waals surface area contributed by atoms with Gasteiger partial charge in [-0.3, -0.25) is 0 Å². The van der Waals surface area contributed by atoms with Gasteiger partial charge in [-0.25, -0.2) is 0 Å². The van der Waals surface area contributed by atoms with Gasteiger partial charge in [0.15, 0.2) is 0 Å². The van der Waals surface area contributed by atoms with Crippen molar-refractivity contribution < 1.29 is 0 Å². The van der Waals surface area contributed by atoms with E-state index in [-0.39, 0.29) is 0 Å². The summed E-state index contributed by atoms with van der Waals surface area (Å²) in [6.45, 7) is 4.57. The molecule has 9 rings (SSSR count). The standard InChI is InChI=1S/C50H38/c1-3-33(2)34-28-30-36(31-29-34)48-41-22-9-13-26-45(41)50(46-27-14-10-23-42(46)48)38-19-15-18-37(32-38)49-43-24-11-7-20-39(43)47(35-16-5-4-6-17-35)40-21-8-12-25-44(40)49/h4-33H,3H2,1-2H3. The molecule has 0 amide bonds. The third-order valence-electron chi connectivity index (χ3n) is 10.7. The van der Waals surface area contributed by atoms with Crippen molar-refractivity contribution in [1.29, 1.82) is 0 Å². The quantitative estimate of drug-likeness (QED) is 0.159. The van der Waals surface area contributed by atoms with Crippen molar-refractivity contribution in [2.45, 2.75) is 26.2 Å². The van der Waals surface area contributed by atoms with Crippen LogP contribution in [0.15, 0.2) is 176 Å². The summed E-state index contributed by atoms with van der Waals surface area (Å²) in [5.41, 5.74) is 11.5. The summed E-state index contributed by atoms with van der Waals surface area (Å²) in [6.07, 6.45) is 1.14. The van der Waals surface area contributed by atoms with Crippen LogP contribution >= 0.6 is 0 Å². The van der Waals surface area contributed by atoms with Crippen LogP contribution in [0.25, 0.3) is 87.6 Å². The first-order valence-electron chi connectivity index (χ1n) is 17.8. The van der Waals surface area contributed by atoms with Crippen LogP contribution < -0.4 is 0 Å². The molecule has 0 aromatic heterocycles. The minimum absolute atomic E-state index is 0.552. The molecule has 9 aromatic rings. The summed E-state index contributed by atoms with van der Waals surface area (Å²) in [6, 6.07) is 65.2. The molecule has 0 nitrogen and oxygen atoms in total. The van der Waals surface area contributed by atoms with Crippen LogP contribution in [0.1, 0.15) is 31.7 Å². The van der Waals surface area contributed by atoms with Gasteiger partial charge in [-0.2, -0.15) is 0 Å². The summed E-state index contributed by atoms with van der Waals surface area (Å²) < 4.78 is 0. The Labute approximate surface area is 294 Å². The highest BCUT2D eigenvalue weighted by Crippen LogP contribution is 2.47. The third kappa shape index (κ3) is 4.91. The molecule has 0 heteroatoms. The fraction of sp³-hybridized carbons (Fsp3) is 0.0800. The van der Waals surface area contributed by atoms with E-state index >= 15 is 0 Å². The topological polar surface area (TPSA) is 0 Å². The highest BCUT2D eigenvalue weighted by atomic mass is 14.2. The van der Waals surface area contributed by atoms with E-state index in [4.69, 9.17) is 0 Å². The molecule has 0 saturated heterocycles. The van der Waals surface area contributed by atoms with Gasteiger partial charge >= 0.3 is 0 Å². The van der Waals surface area contributed by atoms with Gasteiger partial charge in [-0.15, -0.1) is 0 Å². The van der Waals surface area contributed by atoms with Crippen LogP contribution in [0.5, 0.6) is 0 Å². The first-order chi connectivity index (χ1) is 24.7. The molecule has 0 radical (unpaired) electrons. The summed E-state index contributed by atoms with van der Waals surface area (Å²) in [5.74, 6) is 0.552. The molecule has 0 aliphatic rings. The van der Waals surface area contributed by atoms with Crippen LogP contribution in [0.4, 0.5) is 0 Å². The van der Waals surface area contributed by atoms with E-state index in [9.17, 15) is 0 Å². The molecule has 1 atom stereocenters. The second-order valence-corrected chi connectivity index (χ2v) is 13.6. The Bertz CT molecular complexity index is 2570. The zero-order valence-corrected chi connectivity index (χ0v) is 28.5. The molecule has 0 aliphatic heterocycles. The molecule has 1 unspecified atom stereocenters. The first kappa shape index (κ1) is 30.1. The molecule has 238 valence electrons. The van der Waals surface area contributed by atoms with Crippen LogP contribution in [-0.4, -0.2) is 0 Å². The average Bonchev–Trinajstić information content (AvgIpc) is 3.19. The van der Waals surface area contributed by atoms with E-state index in [1.54, 1.807) is 0 Å². The lowest BCUT2D eigenvalue weighted by Gasteiger charge is -2.20. The molecule has 0 bridgehead atoms. The van der Waals surface area contributed by atoms with Crippen LogP contribution in [0, 0.1) is 0 Å². The molecule has 0 aliphatic carbocycles. The Kier molecular flexibility index (Phi) is 7.51. The summed E-state index contributed by atoms with van der Waals surface area (Å²) in [5, 5.41) is 10.2. The van der Waals surface area contributed by atoms with Gasteiger partial charge in [-0.05, 0) is 112 Å². The average molecular weight is 639 g/mol. The van der Waals surface area contributed by atoms with Gasteiger partial charge in [0, 0.05) is 0 Å². The smallest absolute Gasteiger partial charge is 0.00262 e. The predicted octanol–water partition coefficient (Wildman–Crippen LogP) is 14.5. The number of hydrogen-bond acceptors (Lipinski definition) is 0. The number of hydrogen-bond donors (Lipinski definition) is 0. The Balaban J connectivity index is 1.30. The molecule has 0 N–H and O–H groups in total. The number of rotatable bonds is 6. The maximum absolute atomic E-state index is 2.42. The molecule has 0 fully saturated rings. The highest BCUT2D eigenvalue weighted by Gasteiger charge is 2.19. The van der Waals surface area contributed by atoms with Gasteiger partial charge in [0.05, 0.1) is 0 Å². The maximum atomic E-state index is 2.42. The first-order valence-corrected chi connectivity index (χ1v) is 17.8. The monoisotopic (exact) mass is 638 g/mol. The lowest BCUT2D eigenvalue weighted by atomic mass is 9.83. The Hall–Kier alpha value is -5.98. The number of fused-ring (bicyclic) bond motifs is 4. The molecule has 0 saturated carbocycles. The maximum Gasteiger partial charge on any atom is -0.00262 e. The number of benzene rings is 9. The molecule has 0 heterocycles. The Morgan fingerprint density at radius 2 is 0.620 bits per heavy atom. The van der Waals surface area contributed by atoms with Crippen molar-refractivity contribution in [3.63, 3.8) is 0 Å². The van der Waals surface area contributed by atoms with Crippen molar-refractivity contribution in [2.75, 3.05) is 0 Å². The van der Waals surface area contributed by atoms with E-state index in [2.05, 4.69) is 190 Å². The zero-order valence-electron chi connectivity index (χ0n) is 28.5. The molecular weight excluding hydrogens is 601 g/mol. The molecule has 9 aromatic carbocycles. The summed E-state index contributed by atoms with van der Waals surface area (Å²) in [4.78, 5) is 0. The largest absolute Gasteiger partial charge is 0.0648 e. The lowest BCUT2D eigenvalue weighted by molar-refractivity contribution is 0.734. The highest BCUT2D eigenvalue weighted by molar-refractivity contribution is 6.23. The van der Waals surface area contributed by atoms with Crippen molar-refractivity contribution in [3.05, 3.63) is 181 Å². The van der Waals surface area contributed by atoms with Crippen molar-refractivity contribution in [3.8, 4) is 44.5 Å². The van der Waals surface area contributed by atoms with E-state index in [0.29, 0.717) is 5.92 Å². The van der Waals surface area contributed by atoms with Crippen molar-refractivity contribution in [1.82, 2.24) is 0 Å². The van der Waals surface area contributed by atoms with Gasteiger partial charge in [0.1, 0.15) is 0 Å². The second-order valence-electron chi connectivity index (χ2n) is 13.6. The van der Waals surface area contributed by atoms with Crippen molar-refractivity contribution in [2.24, 2.45) is 0 Å². The predicted molar refractivity (Wildman–Crippen MR) is 217 cm³/mol. The summed E-state index contributed by atoms with van der Waals surface area (Å²) >= 11 is 0. The van der Waals surface area contributed by atoms with Crippen molar-refractivity contribution >= 4 is 43.1 Å². The normalized spacial score (nSPS) is 12.2. The van der Waals surface area contributed by atoms with Gasteiger partial charge in [0.2, 0.25) is 0 Å². The van der Waals surface area contributed by atoms with E-state index < -0.39 is 0 Å². The van der Waals surface area contributed by atoms with Crippen LogP contribution in [-0.2, 0) is 0 Å². The Morgan fingerprint density at radius 1 is 0.320 bits per heavy atom. The van der Waals surface area contributed by atoms with Gasteiger partial charge in [-0.1, -0.05) is 184 Å². The second kappa shape index (κ2) is 12.5. The van der Waals surface area contributed by atoms with Gasteiger partial charge < -0.3 is 0 Å². The third-order valence-corrected chi connectivity index (χ3v) is 10.7. The molecule has 50 heavy (non-hydrogen) atoms. The SMILES string of the molecule is CCC(C)c1ccc(-c2c3ccccc3c(-c3cccc(-c4c5ccccc5c(-c5ccccc5)c5ccccc45)c3)c3ccccc23)cc1. The summed E-state index contributed by atoms with van der Waals surface area (Å²) in [7, 11) is 0. The van der Waals surface area contributed by atoms with E-state index in [1.165, 1.54) is 93.2 Å². The minimum Gasteiger partial charge on any atom is -0.0648 e. The van der Waals surface area contributed by atoms with Gasteiger partial charge in [0.25, 0.3) is 0 Å². The Morgan fingerprint density at radius 3 is 0.980 bits per heavy atom. The van der Waals surface area contributed by atoms with Crippen LogP contribution in [0.2, 0.25) is 0 Å². The van der Waals surface area contributed by atoms with E-state index in [1.807, 2.05) is 0 Å². The minimum atomic E-state index is 0.552. The molecular formula is C50H38. The fourth-order valence-corrected chi connectivity index (χ4v) is 8.15. The fourth-order valence-electron chi connectivity index (χ4n) is 8.15.